The molecule has 0 fully saturated rings. The molecule has 4 unspecified atom stereocenters. The number of carbonyl (C=O) groups is 2. The summed E-state index contributed by atoms with van der Waals surface area (Å²) in [5.41, 5.74) is 11.3. The molecule has 0 saturated carbocycles. The molecular formula is C31H41N3O11. The second kappa shape index (κ2) is 22.3. The molecule has 0 saturated heterocycles. The molecule has 0 aliphatic rings. The normalized spacial score (nSPS) is 13.0. The lowest BCUT2D eigenvalue weighted by molar-refractivity contribution is -0.163. The molecule has 0 radical (unpaired) electrons. The summed E-state index contributed by atoms with van der Waals surface area (Å²) in [6.07, 6.45) is -5.02. The number of unbranched alkanes of at least 4 members (excludes halogenated alkanes) is 1. The number of aliphatic hydroxyl groups excluding tert-OH is 4. The number of nitrogens with two attached hydrogens (primary N) is 2. The highest BCUT2D eigenvalue weighted by molar-refractivity contribution is 5.76. The molecule has 4 aromatic rings. The van der Waals surface area contributed by atoms with E-state index in [0.717, 1.165) is 49.8 Å². The number of aliphatic hydroxyl groups is 4. The first-order valence-corrected chi connectivity index (χ1v) is 14.0. The first-order chi connectivity index (χ1) is 21.5. The van der Waals surface area contributed by atoms with E-state index in [2.05, 4.69) is 5.32 Å². The van der Waals surface area contributed by atoms with E-state index in [9.17, 15) is 19.2 Å². The number of hydrogen-bond donors (Lipinski definition) is 8. The Morgan fingerprint density at radius 2 is 1.18 bits per heavy atom. The lowest BCUT2D eigenvalue weighted by Gasteiger charge is -2.21. The van der Waals surface area contributed by atoms with Gasteiger partial charge in [0.1, 0.15) is 29.5 Å². The van der Waals surface area contributed by atoms with Gasteiger partial charge >= 0.3 is 17.2 Å². The fourth-order valence-corrected chi connectivity index (χ4v) is 3.38. The van der Waals surface area contributed by atoms with E-state index < -0.39 is 30.4 Å². The zero-order valence-electron chi connectivity index (χ0n) is 24.6. The predicted molar refractivity (Wildman–Crippen MR) is 168 cm³/mol. The van der Waals surface area contributed by atoms with Gasteiger partial charge < -0.3 is 55.9 Å². The van der Waals surface area contributed by atoms with Gasteiger partial charge in [-0.1, -0.05) is 36.4 Å². The maximum Gasteiger partial charge on any atom is 0.336 e. The maximum absolute atomic E-state index is 10.7. The number of aliphatic carboxylic acids is 1. The number of fused-ring (bicyclic) bond motifs is 2. The Morgan fingerprint density at radius 3 is 1.62 bits per heavy atom. The van der Waals surface area contributed by atoms with Gasteiger partial charge in [0.15, 0.2) is 12.4 Å². The predicted octanol–water partition coefficient (Wildman–Crippen LogP) is -0.0368. The highest BCUT2D eigenvalue weighted by Crippen LogP contribution is 2.10. The van der Waals surface area contributed by atoms with Crippen LogP contribution in [-0.4, -0.2) is 88.4 Å². The van der Waals surface area contributed by atoms with Gasteiger partial charge in [-0.3, -0.25) is 0 Å². The smallest absolute Gasteiger partial charge is 0.336 e. The fraction of sp³-hybridized carbons (Fsp3) is 0.355. The molecule has 45 heavy (non-hydrogen) atoms. The molecule has 0 spiro atoms. The molecule has 0 aliphatic carbocycles. The largest absolute Gasteiger partial charge is 0.479 e. The number of nitrogens with one attached hydrogen (secondary N) is 1. The number of carboxylic acids is 1. The number of para-hydroxylation sites is 2. The molecule has 14 nitrogen and oxygen atoms in total. The standard InChI is InChI=1S/2C9H6O2.C7H19N3.C6H10O7/c2*10-9-6-5-7-3-1-2-4-8(7)11-9;8-4-1-2-6-10-7-3-5-9;7-1-2(8)3(9)4(10)5(11)6(12)13/h2*1-6H;10H,1-9H2;1-5,8-11H,(H,12,13). The topological polar surface area (TPSA) is 260 Å². The van der Waals surface area contributed by atoms with Crippen LogP contribution >= 0.6 is 0 Å². The SMILES string of the molecule is NCCCCNCCCN.O=CC(O)C(O)C(O)C(O)C(=O)O.O=c1ccc2ccccc2o1.O=c1ccc2ccccc2o1. The van der Waals surface area contributed by atoms with Crippen molar-refractivity contribution >= 4 is 34.2 Å². The minimum Gasteiger partial charge on any atom is -0.479 e. The van der Waals surface area contributed by atoms with Gasteiger partial charge in [0.05, 0.1) is 0 Å². The fourth-order valence-electron chi connectivity index (χ4n) is 3.38. The Kier molecular flexibility index (Phi) is 19.2. The van der Waals surface area contributed by atoms with Crippen LogP contribution < -0.4 is 28.0 Å². The van der Waals surface area contributed by atoms with Gasteiger partial charge in [-0.05, 0) is 69.7 Å². The van der Waals surface area contributed by atoms with E-state index in [4.69, 9.17) is 45.8 Å². The zero-order chi connectivity index (χ0) is 33.6. The summed E-state index contributed by atoms with van der Waals surface area (Å²) in [6, 6.07) is 21.2. The zero-order valence-corrected chi connectivity index (χ0v) is 24.6. The van der Waals surface area contributed by atoms with E-state index >= 15 is 0 Å². The summed E-state index contributed by atoms with van der Waals surface area (Å²) in [4.78, 5) is 41.4. The van der Waals surface area contributed by atoms with Crippen molar-refractivity contribution in [2.24, 2.45) is 11.5 Å². The first kappa shape index (κ1) is 38.7. The van der Waals surface area contributed by atoms with Crippen LogP contribution in [0.4, 0.5) is 0 Å². The van der Waals surface area contributed by atoms with Crippen LogP contribution in [0.1, 0.15) is 19.3 Å². The number of carboxylic acid groups (broad SMARTS) is 1. The van der Waals surface area contributed by atoms with Crippen LogP contribution in [0.3, 0.4) is 0 Å². The average molecular weight is 632 g/mol. The molecule has 4 atom stereocenters. The van der Waals surface area contributed by atoms with Crippen molar-refractivity contribution in [2.75, 3.05) is 26.2 Å². The van der Waals surface area contributed by atoms with Gasteiger partial charge in [0.25, 0.3) is 0 Å². The van der Waals surface area contributed by atoms with Gasteiger partial charge in [-0.25, -0.2) is 14.4 Å². The number of benzene rings is 2. The van der Waals surface area contributed by atoms with Crippen LogP contribution in [0.5, 0.6) is 0 Å². The van der Waals surface area contributed by atoms with E-state index in [1.807, 2.05) is 36.4 Å². The van der Waals surface area contributed by atoms with E-state index in [1.165, 1.54) is 18.6 Å². The summed E-state index contributed by atoms with van der Waals surface area (Å²) >= 11 is 0. The van der Waals surface area contributed by atoms with Crippen molar-refractivity contribution < 1.29 is 44.0 Å². The van der Waals surface area contributed by atoms with Crippen molar-refractivity contribution in [1.82, 2.24) is 5.32 Å². The Labute approximate surface area is 258 Å². The van der Waals surface area contributed by atoms with Crippen LogP contribution in [0.15, 0.2) is 91.2 Å². The van der Waals surface area contributed by atoms with Crippen molar-refractivity contribution in [2.45, 2.75) is 43.7 Å². The van der Waals surface area contributed by atoms with Gasteiger partial charge in [-0.2, -0.15) is 0 Å². The first-order valence-electron chi connectivity index (χ1n) is 14.0. The van der Waals surface area contributed by atoms with Gasteiger partial charge in [0, 0.05) is 22.9 Å². The second-order valence-corrected chi connectivity index (χ2v) is 9.36. The number of aldehydes is 1. The van der Waals surface area contributed by atoms with Gasteiger partial charge in [0.2, 0.25) is 0 Å². The highest BCUT2D eigenvalue weighted by Gasteiger charge is 2.34. The Hall–Kier alpha value is -4.28. The molecule has 2 aromatic carbocycles. The van der Waals surface area contributed by atoms with Gasteiger partial charge in [-0.15, -0.1) is 0 Å². The summed E-state index contributed by atoms with van der Waals surface area (Å²) in [5.74, 6) is -1.76. The molecule has 2 aromatic heterocycles. The Morgan fingerprint density at radius 1 is 0.711 bits per heavy atom. The molecule has 0 amide bonds. The molecular weight excluding hydrogens is 590 g/mol. The maximum atomic E-state index is 10.7. The van der Waals surface area contributed by atoms with Crippen LogP contribution in [0.25, 0.3) is 21.9 Å². The molecule has 4 rings (SSSR count). The molecule has 0 aliphatic heterocycles. The van der Waals surface area contributed by atoms with Crippen molar-refractivity contribution in [1.29, 1.82) is 0 Å². The summed E-state index contributed by atoms with van der Waals surface area (Å²) in [7, 11) is 0. The second-order valence-electron chi connectivity index (χ2n) is 9.36. The quantitative estimate of drug-likeness (QED) is 0.0580. The highest BCUT2D eigenvalue weighted by atomic mass is 16.4. The molecule has 10 N–H and O–H groups in total. The minimum atomic E-state index is -2.25. The van der Waals surface area contributed by atoms with Crippen LogP contribution in [-0.2, 0) is 9.59 Å². The van der Waals surface area contributed by atoms with E-state index in [-0.39, 0.29) is 17.5 Å². The molecule has 2 heterocycles. The van der Waals surface area contributed by atoms with Crippen LogP contribution in [0, 0.1) is 0 Å². The minimum absolute atomic E-state index is 0.0809. The average Bonchev–Trinajstić information content (AvgIpc) is 3.05. The van der Waals surface area contributed by atoms with E-state index in [0.29, 0.717) is 11.2 Å². The van der Waals surface area contributed by atoms with E-state index in [1.54, 1.807) is 24.3 Å². The van der Waals surface area contributed by atoms with Crippen LogP contribution in [0.2, 0.25) is 0 Å². The Bertz CT molecular complexity index is 1430. The Balaban J connectivity index is 0.000000301. The molecule has 246 valence electrons. The van der Waals surface area contributed by atoms with Crippen molar-refractivity contribution in [3.63, 3.8) is 0 Å². The van der Waals surface area contributed by atoms with Crippen molar-refractivity contribution in [3.05, 3.63) is 93.6 Å². The lowest BCUT2D eigenvalue weighted by atomic mass is 10.0. The number of hydrogen-bond acceptors (Lipinski definition) is 13. The summed E-state index contributed by atoms with van der Waals surface area (Å²) in [6.45, 7) is 3.71. The monoisotopic (exact) mass is 631 g/mol. The molecule has 14 heteroatoms. The summed E-state index contributed by atoms with van der Waals surface area (Å²) < 4.78 is 9.81. The third-order valence-electron chi connectivity index (χ3n) is 5.84. The van der Waals surface area contributed by atoms with Crippen molar-refractivity contribution in [3.8, 4) is 0 Å². The number of carbonyl (C=O) groups excluding carboxylic acids is 1. The third kappa shape index (κ3) is 15.3. The third-order valence-corrected chi connectivity index (χ3v) is 5.84. The number of rotatable bonds is 12. The summed E-state index contributed by atoms with van der Waals surface area (Å²) in [5, 5.41) is 48.4. The lowest BCUT2D eigenvalue weighted by Crippen LogP contribution is -2.48. The molecule has 0 bridgehead atoms.